The van der Waals surface area contributed by atoms with E-state index in [9.17, 15) is 22.8 Å². The highest BCUT2D eigenvalue weighted by molar-refractivity contribution is 5.89. The molecule has 0 spiro atoms. The lowest BCUT2D eigenvalue weighted by atomic mass is 10.2. The van der Waals surface area contributed by atoms with Gasteiger partial charge in [0.2, 0.25) is 0 Å². The van der Waals surface area contributed by atoms with Gasteiger partial charge in [-0.1, -0.05) is 12.1 Å². The lowest BCUT2D eigenvalue weighted by Gasteiger charge is -2.07. The third kappa shape index (κ3) is 7.32. The van der Waals surface area contributed by atoms with Crippen LogP contribution >= 0.6 is 0 Å². The molecule has 0 aliphatic heterocycles. The number of methoxy groups -OCH3 is 1. The summed E-state index contributed by atoms with van der Waals surface area (Å²) >= 11 is 0. The number of hydrogen-bond donors (Lipinski definition) is 1. The number of esters is 1. The number of benzene rings is 1. The summed E-state index contributed by atoms with van der Waals surface area (Å²) in [4.78, 5) is 22.3. The number of carbonyl (C=O) groups excluding carboxylic acids is 2. The number of hydrogen-bond acceptors (Lipinski definition) is 4. The molecule has 0 saturated heterocycles. The molecule has 0 radical (unpaired) electrons. The van der Waals surface area contributed by atoms with Gasteiger partial charge < -0.3 is 14.8 Å². The van der Waals surface area contributed by atoms with Gasteiger partial charge in [-0.3, -0.25) is 4.79 Å². The van der Waals surface area contributed by atoms with E-state index in [4.69, 9.17) is 4.74 Å². The fraction of sp³-hybridized carbons (Fsp3) is 0.286. The zero-order chi connectivity index (χ0) is 16.6. The van der Waals surface area contributed by atoms with Crippen LogP contribution in [0.4, 0.5) is 13.2 Å². The van der Waals surface area contributed by atoms with Crippen LogP contribution in [0.1, 0.15) is 5.56 Å². The Morgan fingerprint density at radius 3 is 2.41 bits per heavy atom. The Labute approximate surface area is 124 Å². The van der Waals surface area contributed by atoms with E-state index in [2.05, 4.69) is 4.74 Å². The molecule has 0 fully saturated rings. The fourth-order valence-corrected chi connectivity index (χ4v) is 1.31. The normalized spacial score (nSPS) is 11.3. The molecule has 1 amide bonds. The van der Waals surface area contributed by atoms with Gasteiger partial charge in [0.25, 0.3) is 5.91 Å². The molecule has 120 valence electrons. The molecular formula is C14H14F3NO4. The Morgan fingerprint density at radius 2 is 1.86 bits per heavy atom. The van der Waals surface area contributed by atoms with Crippen LogP contribution < -0.4 is 10.1 Å². The first-order valence-corrected chi connectivity index (χ1v) is 6.12. The van der Waals surface area contributed by atoms with Crippen LogP contribution in [0.2, 0.25) is 0 Å². The largest absolute Gasteiger partial charge is 0.497 e. The maximum absolute atomic E-state index is 11.8. The zero-order valence-electron chi connectivity index (χ0n) is 11.6. The first kappa shape index (κ1) is 17.5. The van der Waals surface area contributed by atoms with Crippen LogP contribution in [0, 0.1) is 0 Å². The minimum Gasteiger partial charge on any atom is -0.497 e. The molecule has 8 heteroatoms. The van der Waals surface area contributed by atoms with Crippen molar-refractivity contribution in [2.24, 2.45) is 0 Å². The van der Waals surface area contributed by atoms with Crippen molar-refractivity contribution >= 4 is 18.0 Å². The van der Waals surface area contributed by atoms with Gasteiger partial charge in [0.05, 0.1) is 7.11 Å². The minimum absolute atomic E-state index is 0.654. The quantitative estimate of drug-likeness (QED) is 0.643. The first-order chi connectivity index (χ1) is 10.3. The van der Waals surface area contributed by atoms with Gasteiger partial charge in [-0.15, -0.1) is 0 Å². The average Bonchev–Trinajstić information content (AvgIpc) is 2.48. The standard InChI is InChI=1S/C14H14F3NO4/c1-21-11-5-2-10(3-6-11)4-7-13(20)22-8-12(19)18-9-14(15,16)17/h2-7H,8-9H2,1H3,(H,18,19). The number of ether oxygens (including phenoxy) is 2. The van der Waals surface area contributed by atoms with E-state index in [0.717, 1.165) is 6.08 Å². The second-order valence-corrected chi connectivity index (χ2v) is 4.11. The van der Waals surface area contributed by atoms with Crippen molar-refractivity contribution in [1.82, 2.24) is 5.32 Å². The summed E-state index contributed by atoms with van der Waals surface area (Å²) < 4.78 is 45.0. The number of alkyl halides is 3. The molecule has 0 atom stereocenters. The number of halogens is 3. The Hall–Kier alpha value is -2.51. The van der Waals surface area contributed by atoms with Crippen molar-refractivity contribution in [3.63, 3.8) is 0 Å². The third-order valence-corrected chi connectivity index (χ3v) is 2.36. The molecule has 22 heavy (non-hydrogen) atoms. The predicted octanol–water partition coefficient (Wildman–Crippen LogP) is 1.93. The van der Waals surface area contributed by atoms with Crippen molar-refractivity contribution in [3.05, 3.63) is 35.9 Å². The van der Waals surface area contributed by atoms with Gasteiger partial charge in [-0.05, 0) is 23.8 Å². The van der Waals surface area contributed by atoms with Crippen LogP contribution in [0.25, 0.3) is 6.08 Å². The lowest BCUT2D eigenvalue weighted by Crippen LogP contribution is -2.36. The van der Waals surface area contributed by atoms with E-state index in [1.54, 1.807) is 29.6 Å². The third-order valence-electron chi connectivity index (χ3n) is 2.36. The first-order valence-electron chi connectivity index (χ1n) is 6.12. The van der Waals surface area contributed by atoms with Crippen molar-refractivity contribution < 1.29 is 32.2 Å². The summed E-state index contributed by atoms with van der Waals surface area (Å²) in [5, 5.41) is 1.59. The van der Waals surface area contributed by atoms with Crippen LogP contribution in [-0.2, 0) is 14.3 Å². The summed E-state index contributed by atoms with van der Waals surface area (Å²) in [7, 11) is 1.52. The molecule has 5 nitrogen and oxygen atoms in total. The Balaban J connectivity index is 2.36. The van der Waals surface area contributed by atoms with Crippen molar-refractivity contribution in [3.8, 4) is 5.75 Å². The molecule has 1 aromatic rings. The summed E-state index contributed by atoms with van der Waals surface area (Å²) in [6, 6.07) is 6.77. The highest BCUT2D eigenvalue weighted by Crippen LogP contribution is 2.13. The van der Waals surface area contributed by atoms with E-state index < -0.39 is 31.2 Å². The Morgan fingerprint density at radius 1 is 1.23 bits per heavy atom. The van der Waals surface area contributed by atoms with Crippen LogP contribution in [0.5, 0.6) is 5.75 Å². The summed E-state index contributed by atoms with van der Waals surface area (Å²) in [6.45, 7) is -2.24. The van der Waals surface area contributed by atoms with E-state index in [0.29, 0.717) is 11.3 Å². The molecule has 0 unspecified atom stereocenters. The molecule has 0 aliphatic rings. The SMILES string of the molecule is COc1ccc(C=CC(=O)OCC(=O)NCC(F)(F)F)cc1. The molecular weight excluding hydrogens is 303 g/mol. The van der Waals surface area contributed by atoms with Crippen molar-refractivity contribution in [2.75, 3.05) is 20.3 Å². The van der Waals surface area contributed by atoms with E-state index in [1.165, 1.54) is 13.2 Å². The number of amides is 1. The van der Waals surface area contributed by atoms with E-state index >= 15 is 0 Å². The molecule has 0 aliphatic carbocycles. The smallest absolute Gasteiger partial charge is 0.405 e. The van der Waals surface area contributed by atoms with Crippen molar-refractivity contribution in [2.45, 2.75) is 6.18 Å². The average molecular weight is 317 g/mol. The second-order valence-electron chi connectivity index (χ2n) is 4.11. The van der Waals surface area contributed by atoms with Crippen LogP contribution in [0.15, 0.2) is 30.3 Å². The molecule has 0 saturated carbocycles. The lowest BCUT2D eigenvalue weighted by molar-refractivity contribution is -0.148. The molecule has 1 N–H and O–H groups in total. The summed E-state index contributed by atoms with van der Waals surface area (Å²) in [5.41, 5.74) is 0.694. The van der Waals surface area contributed by atoms with Crippen molar-refractivity contribution in [1.29, 1.82) is 0 Å². The van der Waals surface area contributed by atoms with E-state index in [-0.39, 0.29) is 0 Å². The molecule has 0 bridgehead atoms. The van der Waals surface area contributed by atoms with Crippen LogP contribution in [-0.4, -0.2) is 38.3 Å². The Kier molecular flexibility index (Phi) is 6.43. The highest BCUT2D eigenvalue weighted by atomic mass is 19.4. The fourth-order valence-electron chi connectivity index (χ4n) is 1.31. The number of nitrogens with one attached hydrogen (secondary N) is 1. The van der Waals surface area contributed by atoms with E-state index in [1.807, 2.05) is 0 Å². The van der Waals surface area contributed by atoms with Gasteiger partial charge in [-0.2, -0.15) is 13.2 Å². The zero-order valence-corrected chi connectivity index (χ0v) is 11.6. The topological polar surface area (TPSA) is 64.6 Å². The molecule has 1 rings (SSSR count). The van der Waals surface area contributed by atoms with Gasteiger partial charge in [0, 0.05) is 6.08 Å². The maximum atomic E-state index is 11.8. The van der Waals surface area contributed by atoms with Crippen LogP contribution in [0.3, 0.4) is 0 Å². The van der Waals surface area contributed by atoms with Gasteiger partial charge in [0.15, 0.2) is 6.61 Å². The molecule has 1 aromatic carbocycles. The predicted molar refractivity (Wildman–Crippen MR) is 72.1 cm³/mol. The monoisotopic (exact) mass is 317 g/mol. The second kappa shape index (κ2) is 8.06. The number of carbonyl (C=O) groups is 2. The van der Waals surface area contributed by atoms with Gasteiger partial charge >= 0.3 is 12.1 Å². The molecule has 0 aromatic heterocycles. The maximum Gasteiger partial charge on any atom is 0.405 e. The highest BCUT2D eigenvalue weighted by Gasteiger charge is 2.27. The van der Waals surface area contributed by atoms with Gasteiger partial charge in [0.1, 0.15) is 12.3 Å². The summed E-state index contributed by atoms with van der Waals surface area (Å²) in [5.74, 6) is -1.21. The number of rotatable bonds is 6. The molecule has 0 heterocycles. The summed E-state index contributed by atoms with van der Waals surface area (Å²) in [6.07, 6.45) is -2.00. The van der Waals surface area contributed by atoms with Gasteiger partial charge in [-0.25, -0.2) is 4.79 Å². The minimum atomic E-state index is -4.51. The Bertz CT molecular complexity index is 538.